The normalized spacial score (nSPS) is 30.7. The number of nitrogens with zero attached hydrogens (tertiary/aromatic N) is 2. The third-order valence-electron chi connectivity index (χ3n) is 5.03. The van der Waals surface area contributed by atoms with E-state index in [1.165, 1.54) is 32.1 Å². The summed E-state index contributed by atoms with van der Waals surface area (Å²) in [6.45, 7) is 5.17. The Bertz CT molecular complexity index is 415. The second-order valence-corrected chi connectivity index (χ2v) is 6.36. The average molecular weight is 259 g/mol. The maximum atomic E-state index is 4.58. The minimum absolute atomic E-state index is 0.391. The maximum absolute atomic E-state index is 4.58. The number of rotatable bonds is 5. The SMILES string of the molecule is CCNC(CC1CC2CCC1C2)c1cnc(C)cn1. The van der Waals surface area contributed by atoms with Crippen molar-refractivity contribution in [2.45, 2.75) is 52.0 Å². The summed E-state index contributed by atoms with van der Waals surface area (Å²) in [5.41, 5.74) is 2.12. The van der Waals surface area contributed by atoms with Gasteiger partial charge in [0.15, 0.2) is 0 Å². The molecule has 3 rings (SSSR count). The zero-order valence-corrected chi connectivity index (χ0v) is 12.1. The average Bonchev–Trinajstić information content (AvgIpc) is 3.01. The van der Waals surface area contributed by atoms with E-state index in [4.69, 9.17) is 0 Å². The van der Waals surface area contributed by atoms with E-state index in [2.05, 4.69) is 22.2 Å². The molecule has 1 heterocycles. The zero-order chi connectivity index (χ0) is 13.2. The smallest absolute Gasteiger partial charge is 0.0756 e. The van der Waals surface area contributed by atoms with Crippen molar-refractivity contribution in [1.29, 1.82) is 0 Å². The highest BCUT2D eigenvalue weighted by Crippen LogP contribution is 2.50. The number of aryl methyl sites for hydroxylation is 1. The van der Waals surface area contributed by atoms with Crippen molar-refractivity contribution < 1.29 is 0 Å². The lowest BCUT2D eigenvalue weighted by atomic mass is 9.83. The maximum Gasteiger partial charge on any atom is 0.0756 e. The molecular weight excluding hydrogens is 234 g/mol. The molecule has 3 nitrogen and oxygen atoms in total. The van der Waals surface area contributed by atoms with E-state index in [9.17, 15) is 0 Å². The Labute approximate surface area is 116 Å². The van der Waals surface area contributed by atoms with Crippen molar-refractivity contribution in [2.24, 2.45) is 17.8 Å². The Morgan fingerprint density at radius 1 is 1.26 bits per heavy atom. The van der Waals surface area contributed by atoms with Crippen LogP contribution < -0.4 is 5.32 Å². The van der Waals surface area contributed by atoms with Gasteiger partial charge in [0.05, 0.1) is 23.6 Å². The summed E-state index contributed by atoms with van der Waals surface area (Å²) in [4.78, 5) is 8.98. The van der Waals surface area contributed by atoms with Crippen molar-refractivity contribution >= 4 is 0 Å². The van der Waals surface area contributed by atoms with Crippen LogP contribution >= 0.6 is 0 Å². The number of hydrogen-bond acceptors (Lipinski definition) is 3. The Morgan fingerprint density at radius 3 is 2.74 bits per heavy atom. The predicted octanol–water partition coefficient (Wildman–Crippen LogP) is 3.26. The van der Waals surface area contributed by atoms with Gasteiger partial charge in [0.2, 0.25) is 0 Å². The fraction of sp³-hybridized carbons (Fsp3) is 0.750. The van der Waals surface area contributed by atoms with E-state index in [1.807, 2.05) is 19.3 Å². The lowest BCUT2D eigenvalue weighted by molar-refractivity contribution is 0.278. The zero-order valence-electron chi connectivity index (χ0n) is 12.1. The largest absolute Gasteiger partial charge is 0.309 e. The standard InChI is InChI=1S/C16H25N3/c1-3-17-15(16-10-18-11(2)9-19-16)8-14-7-12-4-5-13(14)6-12/h9-10,12-15,17H,3-8H2,1-2H3. The highest BCUT2D eigenvalue weighted by Gasteiger charge is 2.40. The molecule has 2 bridgehead atoms. The fourth-order valence-corrected chi connectivity index (χ4v) is 4.11. The first-order valence-electron chi connectivity index (χ1n) is 7.78. The molecule has 2 saturated carbocycles. The van der Waals surface area contributed by atoms with E-state index in [0.29, 0.717) is 6.04 Å². The van der Waals surface area contributed by atoms with Crippen LogP contribution in [0.25, 0.3) is 0 Å². The molecular formula is C16H25N3. The van der Waals surface area contributed by atoms with Crippen molar-refractivity contribution in [2.75, 3.05) is 6.54 Å². The van der Waals surface area contributed by atoms with Crippen LogP contribution in [0.2, 0.25) is 0 Å². The molecule has 2 aliphatic rings. The predicted molar refractivity (Wildman–Crippen MR) is 76.7 cm³/mol. The van der Waals surface area contributed by atoms with Gasteiger partial charge in [0, 0.05) is 6.20 Å². The summed E-state index contributed by atoms with van der Waals surface area (Å²) in [6, 6.07) is 0.391. The summed E-state index contributed by atoms with van der Waals surface area (Å²) in [7, 11) is 0. The van der Waals surface area contributed by atoms with Crippen LogP contribution in [0.3, 0.4) is 0 Å². The molecule has 0 aliphatic heterocycles. The van der Waals surface area contributed by atoms with Crippen LogP contribution in [-0.4, -0.2) is 16.5 Å². The van der Waals surface area contributed by atoms with E-state index < -0.39 is 0 Å². The molecule has 2 aliphatic carbocycles. The second kappa shape index (κ2) is 5.58. The lowest BCUT2D eigenvalue weighted by Gasteiger charge is -2.26. The van der Waals surface area contributed by atoms with Gasteiger partial charge in [-0.15, -0.1) is 0 Å². The molecule has 1 aromatic rings. The monoisotopic (exact) mass is 259 g/mol. The number of hydrogen-bond donors (Lipinski definition) is 1. The fourth-order valence-electron chi connectivity index (χ4n) is 4.11. The van der Waals surface area contributed by atoms with Crippen LogP contribution in [0.5, 0.6) is 0 Å². The Balaban J connectivity index is 1.68. The third-order valence-corrected chi connectivity index (χ3v) is 5.03. The summed E-state index contributed by atoms with van der Waals surface area (Å²) in [5, 5.41) is 3.60. The molecule has 4 unspecified atom stereocenters. The van der Waals surface area contributed by atoms with Crippen molar-refractivity contribution in [3.8, 4) is 0 Å². The highest BCUT2D eigenvalue weighted by molar-refractivity contribution is 5.07. The molecule has 0 saturated heterocycles. The summed E-state index contributed by atoms with van der Waals surface area (Å²) in [6.07, 6.45) is 11.0. The molecule has 2 fully saturated rings. The molecule has 1 aromatic heterocycles. The van der Waals surface area contributed by atoms with Gasteiger partial charge >= 0.3 is 0 Å². The first-order valence-corrected chi connectivity index (χ1v) is 7.78. The second-order valence-electron chi connectivity index (χ2n) is 6.36. The lowest BCUT2D eigenvalue weighted by Crippen LogP contribution is -2.26. The van der Waals surface area contributed by atoms with Crippen LogP contribution in [0.15, 0.2) is 12.4 Å². The van der Waals surface area contributed by atoms with Gasteiger partial charge in [-0.05, 0) is 56.9 Å². The third kappa shape index (κ3) is 2.81. The summed E-state index contributed by atoms with van der Waals surface area (Å²) in [5.74, 6) is 2.93. The van der Waals surface area contributed by atoms with Gasteiger partial charge in [0.25, 0.3) is 0 Å². The van der Waals surface area contributed by atoms with Gasteiger partial charge in [-0.2, -0.15) is 0 Å². The molecule has 0 spiro atoms. The van der Waals surface area contributed by atoms with E-state index in [-0.39, 0.29) is 0 Å². The van der Waals surface area contributed by atoms with Crippen molar-refractivity contribution in [1.82, 2.24) is 15.3 Å². The molecule has 3 heteroatoms. The number of nitrogens with one attached hydrogen (secondary N) is 1. The number of fused-ring (bicyclic) bond motifs is 2. The minimum Gasteiger partial charge on any atom is -0.309 e. The topological polar surface area (TPSA) is 37.8 Å². The van der Waals surface area contributed by atoms with Gasteiger partial charge in [0.1, 0.15) is 0 Å². The molecule has 0 radical (unpaired) electrons. The van der Waals surface area contributed by atoms with Crippen LogP contribution in [-0.2, 0) is 0 Å². The first kappa shape index (κ1) is 13.0. The van der Waals surface area contributed by atoms with Crippen molar-refractivity contribution in [3.05, 3.63) is 23.8 Å². The van der Waals surface area contributed by atoms with Gasteiger partial charge in [-0.3, -0.25) is 9.97 Å². The van der Waals surface area contributed by atoms with Crippen molar-refractivity contribution in [3.63, 3.8) is 0 Å². The van der Waals surface area contributed by atoms with Gasteiger partial charge in [-0.1, -0.05) is 13.3 Å². The molecule has 4 atom stereocenters. The van der Waals surface area contributed by atoms with E-state index >= 15 is 0 Å². The van der Waals surface area contributed by atoms with Crippen LogP contribution in [0, 0.1) is 24.7 Å². The van der Waals surface area contributed by atoms with E-state index in [0.717, 1.165) is 35.7 Å². The summed E-state index contributed by atoms with van der Waals surface area (Å²) >= 11 is 0. The number of aromatic nitrogens is 2. The van der Waals surface area contributed by atoms with Gasteiger partial charge in [-0.25, -0.2) is 0 Å². The molecule has 104 valence electrons. The summed E-state index contributed by atoms with van der Waals surface area (Å²) < 4.78 is 0. The molecule has 0 amide bonds. The van der Waals surface area contributed by atoms with E-state index in [1.54, 1.807) is 0 Å². The molecule has 19 heavy (non-hydrogen) atoms. The van der Waals surface area contributed by atoms with Crippen LogP contribution in [0.4, 0.5) is 0 Å². The Hall–Kier alpha value is -0.960. The van der Waals surface area contributed by atoms with Gasteiger partial charge < -0.3 is 5.32 Å². The first-order chi connectivity index (χ1) is 9.26. The Kier molecular flexibility index (Phi) is 3.83. The van der Waals surface area contributed by atoms with Crippen LogP contribution in [0.1, 0.15) is 56.5 Å². The Morgan fingerprint density at radius 2 is 2.16 bits per heavy atom. The molecule has 0 aromatic carbocycles. The quantitative estimate of drug-likeness (QED) is 0.882. The minimum atomic E-state index is 0.391. The highest BCUT2D eigenvalue weighted by atomic mass is 14.9. The molecule has 1 N–H and O–H groups in total.